The number of hydrogen-bond acceptors (Lipinski definition) is 4. The molecule has 0 aromatic heterocycles. The van der Waals surface area contributed by atoms with Gasteiger partial charge >= 0.3 is 0 Å². The molecule has 0 aliphatic carbocycles. The van der Waals surface area contributed by atoms with Crippen molar-refractivity contribution in [3.8, 4) is 0 Å². The first kappa shape index (κ1) is 16.2. The van der Waals surface area contributed by atoms with E-state index in [1.54, 1.807) is 32.7 Å². The molecule has 112 valence electrons. The molecule has 2 rings (SSSR count). The van der Waals surface area contributed by atoms with Crippen molar-refractivity contribution in [2.75, 3.05) is 7.05 Å². The Morgan fingerprint density at radius 1 is 0.818 bits per heavy atom. The Balaban J connectivity index is 2.11. The molecule has 4 heteroatoms. The van der Waals surface area contributed by atoms with Gasteiger partial charge in [-0.3, -0.25) is 14.6 Å². The van der Waals surface area contributed by atoms with Crippen LogP contribution in [0.15, 0.2) is 63.3 Å². The molecule has 22 heavy (non-hydrogen) atoms. The molecule has 0 heterocycles. The molecule has 0 saturated carbocycles. The molecule has 0 aliphatic heterocycles. The molecule has 0 fully saturated rings. The van der Waals surface area contributed by atoms with Gasteiger partial charge in [0.15, 0.2) is 5.78 Å². The smallest absolute Gasteiger partial charge is 0.206 e. The van der Waals surface area contributed by atoms with E-state index in [1.165, 1.54) is 0 Å². The molecule has 3 nitrogen and oxygen atoms in total. The fourth-order valence-corrected chi connectivity index (χ4v) is 2.70. The van der Waals surface area contributed by atoms with Gasteiger partial charge in [0.1, 0.15) is 0 Å². The van der Waals surface area contributed by atoms with Gasteiger partial charge in [-0.15, -0.1) is 0 Å². The Hall–Kier alpha value is -2.20. The fraction of sp³-hybridized carbons (Fsp3) is 0.167. The fourth-order valence-electron chi connectivity index (χ4n) is 1.88. The van der Waals surface area contributed by atoms with Crippen LogP contribution in [-0.2, 0) is 0 Å². The van der Waals surface area contributed by atoms with Gasteiger partial charge in [0, 0.05) is 28.0 Å². The Labute approximate surface area is 134 Å². The zero-order valence-electron chi connectivity index (χ0n) is 12.8. The van der Waals surface area contributed by atoms with Crippen molar-refractivity contribution in [1.29, 1.82) is 0 Å². The number of Topliss-reactive ketones (excluding diaryl/α,β-unsaturated/α-hetero) is 2. The highest BCUT2D eigenvalue weighted by molar-refractivity contribution is 7.99. The predicted molar refractivity (Wildman–Crippen MR) is 90.4 cm³/mol. The Morgan fingerprint density at radius 2 is 1.27 bits per heavy atom. The van der Waals surface area contributed by atoms with Crippen LogP contribution in [0.2, 0.25) is 0 Å². The molecule has 0 N–H and O–H groups in total. The van der Waals surface area contributed by atoms with E-state index in [9.17, 15) is 9.59 Å². The van der Waals surface area contributed by atoms with E-state index in [4.69, 9.17) is 0 Å². The summed E-state index contributed by atoms with van der Waals surface area (Å²) < 4.78 is 0. The number of hydrogen-bond donors (Lipinski definition) is 0. The number of nitrogens with zero attached hydrogens (tertiary/aromatic N) is 1. The number of carbonyl (C=O) groups is 2. The molecule has 0 aliphatic rings. The third kappa shape index (κ3) is 3.92. The van der Waals surface area contributed by atoms with Crippen LogP contribution >= 0.6 is 11.8 Å². The lowest BCUT2D eigenvalue weighted by Gasteiger charge is -2.04. The minimum Gasteiger partial charge on any atom is -0.295 e. The normalized spacial score (nSPS) is 11.3. The van der Waals surface area contributed by atoms with E-state index in [0.29, 0.717) is 16.8 Å². The molecule has 2 aromatic rings. The zero-order chi connectivity index (χ0) is 16.1. The van der Waals surface area contributed by atoms with Gasteiger partial charge in [0.25, 0.3) is 0 Å². The minimum absolute atomic E-state index is 0.0511. The van der Waals surface area contributed by atoms with E-state index < -0.39 is 0 Å². The highest BCUT2D eigenvalue weighted by atomic mass is 32.2. The summed E-state index contributed by atoms with van der Waals surface area (Å²) >= 11 is 1.59. The molecule has 0 unspecified atom stereocenters. The van der Waals surface area contributed by atoms with Crippen molar-refractivity contribution >= 4 is 29.0 Å². The summed E-state index contributed by atoms with van der Waals surface area (Å²) in [6.07, 6.45) is 0. The number of rotatable bonds is 5. The van der Waals surface area contributed by atoms with Crippen LogP contribution in [0.3, 0.4) is 0 Å². The molecule has 0 spiro atoms. The van der Waals surface area contributed by atoms with Gasteiger partial charge in [-0.25, -0.2) is 0 Å². The summed E-state index contributed by atoms with van der Waals surface area (Å²) in [7, 11) is 1.61. The lowest BCUT2D eigenvalue weighted by Crippen LogP contribution is -2.09. The van der Waals surface area contributed by atoms with Crippen LogP contribution < -0.4 is 0 Å². The summed E-state index contributed by atoms with van der Waals surface area (Å²) in [5.41, 5.74) is 1.85. The van der Waals surface area contributed by atoms with Crippen molar-refractivity contribution in [1.82, 2.24) is 0 Å². The van der Waals surface area contributed by atoms with Crippen LogP contribution in [0, 0.1) is 0 Å². The average Bonchev–Trinajstić information content (AvgIpc) is 2.54. The van der Waals surface area contributed by atoms with Gasteiger partial charge in [0.05, 0.1) is 5.71 Å². The molecule has 0 radical (unpaired) electrons. The van der Waals surface area contributed by atoms with Gasteiger partial charge < -0.3 is 0 Å². The topological polar surface area (TPSA) is 46.5 Å². The van der Waals surface area contributed by atoms with E-state index in [0.717, 1.165) is 9.79 Å². The summed E-state index contributed by atoms with van der Waals surface area (Å²) in [4.78, 5) is 29.2. The van der Waals surface area contributed by atoms with Gasteiger partial charge in [0.2, 0.25) is 5.78 Å². The van der Waals surface area contributed by atoms with E-state index >= 15 is 0 Å². The molecule has 0 amide bonds. The van der Waals surface area contributed by atoms with E-state index in [-0.39, 0.29) is 11.6 Å². The van der Waals surface area contributed by atoms with E-state index in [2.05, 4.69) is 4.99 Å². The van der Waals surface area contributed by atoms with Crippen LogP contribution in [0.4, 0.5) is 0 Å². The van der Waals surface area contributed by atoms with Crippen molar-refractivity contribution < 1.29 is 9.59 Å². The Morgan fingerprint density at radius 3 is 1.68 bits per heavy atom. The van der Waals surface area contributed by atoms with Crippen molar-refractivity contribution in [2.24, 2.45) is 4.99 Å². The largest absolute Gasteiger partial charge is 0.295 e. The number of aliphatic imine (C=N–C) groups is 1. The van der Waals surface area contributed by atoms with Crippen LogP contribution in [0.1, 0.15) is 34.6 Å². The van der Waals surface area contributed by atoms with Gasteiger partial charge in [-0.2, -0.15) is 0 Å². The molecular weight excluding hydrogens is 294 g/mol. The third-order valence-corrected chi connectivity index (χ3v) is 4.29. The highest BCUT2D eigenvalue weighted by Gasteiger charge is 2.09. The van der Waals surface area contributed by atoms with Crippen LogP contribution in [-0.4, -0.2) is 24.3 Å². The second-order valence-electron chi connectivity index (χ2n) is 4.85. The van der Waals surface area contributed by atoms with Crippen LogP contribution in [0.25, 0.3) is 0 Å². The van der Waals surface area contributed by atoms with Crippen molar-refractivity contribution in [3.63, 3.8) is 0 Å². The number of ketones is 2. The molecular formula is C18H17NO2S. The zero-order valence-corrected chi connectivity index (χ0v) is 13.6. The first-order valence-corrected chi connectivity index (χ1v) is 7.70. The predicted octanol–water partition coefficient (Wildman–Crippen LogP) is 4.31. The Kier molecular flexibility index (Phi) is 5.28. The first-order chi connectivity index (χ1) is 10.5. The second-order valence-corrected chi connectivity index (χ2v) is 5.99. The third-order valence-electron chi connectivity index (χ3n) is 3.28. The Bertz CT molecular complexity index is 716. The summed E-state index contributed by atoms with van der Waals surface area (Å²) in [6, 6.07) is 14.9. The SMILES string of the molecule is CN=C(C)C(=O)c1ccc(Sc2ccc(C(C)=O)cc2)cc1. The standard InChI is InChI=1S/C18H17NO2S/c1-12(19-3)18(21)15-6-10-17(11-7-15)22-16-8-4-14(5-9-16)13(2)20/h4-11H,1-3H3. The van der Waals surface area contributed by atoms with Gasteiger partial charge in [-0.1, -0.05) is 23.9 Å². The lowest BCUT2D eigenvalue weighted by atomic mass is 10.1. The molecule has 0 saturated heterocycles. The minimum atomic E-state index is -0.0511. The first-order valence-electron chi connectivity index (χ1n) is 6.88. The maximum Gasteiger partial charge on any atom is 0.206 e. The van der Waals surface area contributed by atoms with Gasteiger partial charge in [-0.05, 0) is 50.2 Å². The summed E-state index contributed by atoms with van der Waals surface area (Å²) in [5.74, 6) is 0.0113. The summed E-state index contributed by atoms with van der Waals surface area (Å²) in [6.45, 7) is 3.26. The van der Waals surface area contributed by atoms with Crippen molar-refractivity contribution in [2.45, 2.75) is 23.6 Å². The van der Waals surface area contributed by atoms with Crippen LogP contribution in [0.5, 0.6) is 0 Å². The maximum absolute atomic E-state index is 12.0. The lowest BCUT2D eigenvalue weighted by molar-refractivity contribution is 0.101. The van der Waals surface area contributed by atoms with Crippen molar-refractivity contribution in [3.05, 3.63) is 59.7 Å². The number of carbonyl (C=O) groups excluding carboxylic acids is 2. The quantitative estimate of drug-likeness (QED) is 0.610. The molecule has 2 aromatic carbocycles. The second kappa shape index (κ2) is 7.18. The molecule has 0 bridgehead atoms. The van der Waals surface area contributed by atoms with E-state index in [1.807, 2.05) is 48.5 Å². The number of benzene rings is 2. The molecule has 0 atom stereocenters. The highest BCUT2D eigenvalue weighted by Crippen LogP contribution is 2.28. The monoisotopic (exact) mass is 311 g/mol. The average molecular weight is 311 g/mol. The summed E-state index contributed by atoms with van der Waals surface area (Å²) in [5, 5.41) is 0. The maximum atomic E-state index is 12.0.